The highest BCUT2D eigenvalue weighted by Crippen LogP contribution is 2.72. The van der Waals surface area contributed by atoms with Crippen molar-refractivity contribution in [3.05, 3.63) is 46.0 Å². The second-order valence-corrected chi connectivity index (χ2v) is 24.7. The molecule has 0 aliphatic carbocycles. The van der Waals surface area contributed by atoms with Crippen LogP contribution in [-0.4, -0.2) is 172 Å². The molecule has 0 radical (unpaired) electrons. The molecule has 6 heterocycles. The van der Waals surface area contributed by atoms with E-state index in [0.29, 0.717) is 0 Å². The summed E-state index contributed by atoms with van der Waals surface area (Å²) in [4.78, 5) is 42.7. The summed E-state index contributed by atoms with van der Waals surface area (Å²) in [7, 11) is -17.8. The zero-order valence-corrected chi connectivity index (χ0v) is 44.3. The van der Waals surface area contributed by atoms with Gasteiger partial charge in [-0.05, 0) is 0 Å². The Morgan fingerprint density at radius 2 is 1.45 bits per heavy atom. The number of hydrogen-bond donors (Lipinski definition) is 9. The minimum absolute atomic E-state index is 0.0550. The molecule has 74 heavy (non-hydrogen) atoms. The number of H-pyrrole nitrogens is 2. The molecule has 0 amide bonds. The third-order valence-corrected chi connectivity index (χ3v) is 20.1. The fourth-order valence-corrected chi connectivity index (χ4v) is 14.9. The number of nitrogen functional groups attached to an aromatic ring is 2. The van der Waals surface area contributed by atoms with Crippen LogP contribution in [0.1, 0.15) is 6.23 Å². The Morgan fingerprint density at radius 3 is 2.04 bits per heavy atom. The first-order chi connectivity index (χ1) is 34.9. The summed E-state index contributed by atoms with van der Waals surface area (Å²) in [5.74, 6) is -0.598. The molecule has 2 fully saturated rings. The van der Waals surface area contributed by atoms with Crippen molar-refractivity contribution in [3.63, 3.8) is 0 Å². The van der Waals surface area contributed by atoms with Crippen LogP contribution in [0.4, 0.5) is 23.4 Å². The first-order valence-electron chi connectivity index (χ1n) is 20.9. The van der Waals surface area contributed by atoms with E-state index in [-0.39, 0.29) is 41.1 Å². The number of nitrogens with zero attached hydrogens (tertiary/aromatic N) is 8. The van der Waals surface area contributed by atoms with Crippen molar-refractivity contribution >= 4 is 78.8 Å². The maximum Gasteiger partial charge on any atom is 0.491 e. The molecule has 9 unspecified atom stereocenters. The Labute approximate surface area is 417 Å². The lowest BCUT2D eigenvalue weighted by molar-refractivity contribution is -0.0507. The molecule has 2 aliphatic heterocycles. The first-order valence-corrected chi connectivity index (χ1v) is 28.3. The number of nitrogens with one attached hydrogen (secondary N) is 4. The van der Waals surface area contributed by atoms with Gasteiger partial charge >= 0.3 is 38.8 Å². The van der Waals surface area contributed by atoms with Crippen LogP contribution in [0.3, 0.4) is 0 Å². The summed E-state index contributed by atoms with van der Waals surface area (Å²) in [5.41, 5.74) is 9.17. The highest BCUT2D eigenvalue weighted by Gasteiger charge is 2.52. The van der Waals surface area contributed by atoms with Crippen molar-refractivity contribution in [2.45, 2.75) is 55.6 Å². The summed E-state index contributed by atoms with van der Waals surface area (Å²) < 4.78 is 138. The van der Waals surface area contributed by atoms with Crippen LogP contribution in [0.5, 0.6) is 0 Å². The second-order valence-electron chi connectivity index (χ2n) is 14.9. The molecule has 4 aromatic heterocycles. The normalized spacial score (nSPS) is 26.2. The molecule has 414 valence electrons. The number of methoxy groups -OCH3 is 1. The van der Waals surface area contributed by atoms with Crippen LogP contribution in [0.15, 0.2) is 34.9 Å². The molecule has 11 N–H and O–H groups in total. The number of aliphatic hydroxyl groups is 3. The summed E-state index contributed by atoms with van der Waals surface area (Å²) in [6, 6.07) is 0. The SMILES string of the molecule is C=CN(c1nc(N)[nH]c(=O)c1NC)[C@@H]1O[C@H](COP(=O)(OC)OP(=O)(OC)OP(=O)(OC)c2cn(CCNP(=O)(OC)OP(=O)(OC)OC[C@H]3O[C@@H](n4cnc5c(=O)[nH]c(N)nc54)C(O)C3O)nn2)C(O)C1OC. The fraction of sp³-hybridized carbons (Fsp3) is 0.594. The van der Waals surface area contributed by atoms with Gasteiger partial charge in [-0.1, -0.05) is 11.8 Å². The van der Waals surface area contributed by atoms with E-state index in [1.54, 1.807) is 0 Å². The quantitative estimate of drug-likeness (QED) is 0.0315. The maximum absolute atomic E-state index is 14.0. The smallest absolute Gasteiger partial charge is 0.387 e. The van der Waals surface area contributed by atoms with Crippen LogP contribution in [-0.2, 0) is 88.2 Å². The average molecular weight is 1160 g/mol. The molecule has 13 atom stereocenters. The van der Waals surface area contributed by atoms with Crippen LogP contribution in [0.25, 0.3) is 11.2 Å². The number of anilines is 4. The predicted octanol–water partition coefficient (Wildman–Crippen LogP) is -0.774. The third-order valence-electron chi connectivity index (χ3n) is 10.5. The van der Waals surface area contributed by atoms with Gasteiger partial charge in [0, 0.05) is 62.5 Å². The number of aliphatic hydroxyl groups excluding tert-OH is 3. The lowest BCUT2D eigenvalue weighted by Crippen LogP contribution is -2.44. The fourth-order valence-electron chi connectivity index (χ4n) is 6.90. The highest BCUT2D eigenvalue weighted by atomic mass is 31.3. The number of phosphoric ester groups is 2. The van der Waals surface area contributed by atoms with Crippen LogP contribution < -0.4 is 43.3 Å². The predicted molar refractivity (Wildman–Crippen MR) is 251 cm³/mol. The van der Waals surface area contributed by atoms with Gasteiger partial charge in [0.2, 0.25) is 11.9 Å². The van der Waals surface area contributed by atoms with E-state index in [2.05, 4.69) is 52.2 Å². The number of aromatic nitrogens is 9. The average Bonchev–Trinajstić information content (AvgIpc) is 4.15. The Kier molecular flexibility index (Phi) is 19.1. The first kappa shape index (κ1) is 59.0. The van der Waals surface area contributed by atoms with Crippen LogP contribution in [0, 0.1) is 0 Å². The minimum atomic E-state index is -5.31. The highest BCUT2D eigenvalue weighted by molar-refractivity contribution is 7.72. The molecular weight excluding hydrogens is 1100 g/mol. The van der Waals surface area contributed by atoms with E-state index in [0.717, 1.165) is 57.3 Å². The third kappa shape index (κ3) is 12.8. The number of hydrogen-bond acceptors (Lipinski definition) is 32. The summed E-state index contributed by atoms with van der Waals surface area (Å²) >= 11 is 0. The van der Waals surface area contributed by atoms with Crippen molar-refractivity contribution < 1.29 is 97.0 Å². The van der Waals surface area contributed by atoms with Crippen molar-refractivity contribution in [3.8, 4) is 0 Å². The number of aromatic amines is 2. The van der Waals surface area contributed by atoms with E-state index in [4.69, 9.17) is 70.3 Å². The van der Waals surface area contributed by atoms with Crippen molar-refractivity contribution in [2.24, 2.45) is 0 Å². The van der Waals surface area contributed by atoms with E-state index >= 15 is 0 Å². The molecule has 6 rings (SSSR count). The molecule has 0 bridgehead atoms. The van der Waals surface area contributed by atoms with E-state index < -0.39 is 124 Å². The Balaban J connectivity index is 1.05. The largest absolute Gasteiger partial charge is 0.491 e. The number of fused-ring (bicyclic) bond motifs is 1. The minimum Gasteiger partial charge on any atom is -0.387 e. The van der Waals surface area contributed by atoms with Gasteiger partial charge in [-0.15, -0.1) is 5.10 Å². The van der Waals surface area contributed by atoms with Gasteiger partial charge in [0.15, 0.2) is 34.9 Å². The molecule has 42 heteroatoms. The second kappa shape index (κ2) is 24.0. The van der Waals surface area contributed by atoms with Crippen LogP contribution >= 0.6 is 38.8 Å². The van der Waals surface area contributed by atoms with Crippen molar-refractivity contribution in [1.82, 2.24) is 49.6 Å². The van der Waals surface area contributed by atoms with E-state index in [9.17, 15) is 47.7 Å². The number of rotatable bonds is 28. The number of ether oxygens (including phenoxy) is 3. The molecular formula is C32H53N14O23P5. The molecule has 2 saturated heterocycles. The summed E-state index contributed by atoms with van der Waals surface area (Å²) in [6.07, 6.45) is -8.27. The van der Waals surface area contributed by atoms with Gasteiger partial charge in [-0.2, -0.15) is 18.6 Å². The maximum atomic E-state index is 14.0. The Morgan fingerprint density at radius 1 is 0.824 bits per heavy atom. The van der Waals surface area contributed by atoms with Crippen molar-refractivity contribution in [1.29, 1.82) is 0 Å². The number of phosphoric acid groups is 3. The monoisotopic (exact) mass is 1160 g/mol. The zero-order chi connectivity index (χ0) is 54.6. The van der Waals surface area contributed by atoms with Gasteiger partial charge in [0.1, 0.15) is 42.3 Å². The van der Waals surface area contributed by atoms with E-state index in [1.165, 1.54) is 25.3 Å². The number of nitrogens with two attached hydrogens (primary N) is 2. The van der Waals surface area contributed by atoms with Gasteiger partial charge in [0.25, 0.3) is 11.1 Å². The molecule has 4 aromatic rings. The summed E-state index contributed by atoms with van der Waals surface area (Å²) in [5, 5.41) is 45.2. The summed E-state index contributed by atoms with van der Waals surface area (Å²) in [6.45, 7) is 1.42. The molecule has 0 spiro atoms. The van der Waals surface area contributed by atoms with Crippen molar-refractivity contribution in [2.75, 3.05) is 91.1 Å². The van der Waals surface area contributed by atoms with Gasteiger partial charge in [-0.3, -0.25) is 60.5 Å². The molecule has 37 nitrogen and oxygen atoms in total. The topological polar surface area (TPSA) is 485 Å². The Bertz CT molecular complexity index is 3000. The van der Waals surface area contributed by atoms with E-state index in [1.807, 2.05) is 0 Å². The standard InChI is InChI=1S/C32H53N14O23P5/c1-9-45(25-19(35-2)27(50)40-31(33)38-25)30-24(57-3)22(48)17(66-30)14-64-73(55,61-7)69-74(56,62-8)67-70(52,58-4)18-12-44(43-42-18)11-10-37-71(53,59-5)68-72(54,60-6)63-13-16-21(47)23(49)29(65-16)46-15-36-20-26(46)39-32(34)41-28(20)51/h9,12,15-17,21-24,29-30,35,47-49H,1,10-11,13-14H2,2-8H3,(H,37,53)(H3,33,38,40,50)(H3,34,39,41,51)/t16-,17-,21?,22?,23?,24?,29-,30-,70?,71?,72?,73?,74?/m1/s1. The zero-order valence-electron chi connectivity index (χ0n) is 39.9. The molecule has 2 aliphatic rings. The van der Waals surface area contributed by atoms with Gasteiger partial charge < -0.3 is 55.7 Å². The van der Waals surface area contributed by atoms with Gasteiger partial charge in [-0.25, -0.2) is 32.6 Å². The van der Waals surface area contributed by atoms with Crippen LogP contribution in [0.2, 0.25) is 0 Å². The molecule has 0 aromatic carbocycles. The number of imidazole rings is 1. The lowest BCUT2D eigenvalue weighted by atomic mass is 10.1. The molecule has 0 saturated carbocycles. The lowest BCUT2D eigenvalue weighted by Gasteiger charge is -2.30. The Hall–Kier alpha value is -4.22. The van der Waals surface area contributed by atoms with Gasteiger partial charge in [0.05, 0.1) is 32.3 Å².